The zero-order valence-corrected chi connectivity index (χ0v) is 30.4. The molecule has 1 nitrogen and oxygen atoms in total. The minimum absolute atomic E-state index is 0.0413. The molecule has 0 amide bonds. The van der Waals surface area contributed by atoms with Crippen LogP contribution in [0.3, 0.4) is 0 Å². The van der Waals surface area contributed by atoms with Gasteiger partial charge in [0.1, 0.15) is 0 Å². The Bertz CT molecular complexity index is 3090. The van der Waals surface area contributed by atoms with Gasteiger partial charge in [-0.25, -0.2) is 0 Å². The number of rotatable bonds is 4. The molecule has 1 aliphatic rings. The highest BCUT2D eigenvalue weighted by atomic mass is 32.1. The van der Waals surface area contributed by atoms with Crippen LogP contribution in [-0.2, 0) is 5.41 Å². The van der Waals surface area contributed by atoms with Crippen LogP contribution in [0, 0.1) is 0 Å². The van der Waals surface area contributed by atoms with E-state index in [0.717, 1.165) is 17.1 Å². The molecule has 0 saturated carbocycles. The van der Waals surface area contributed by atoms with E-state index in [0.29, 0.717) is 0 Å². The molecule has 1 aromatic heterocycles. The highest BCUT2D eigenvalue weighted by molar-refractivity contribution is 7.25. The normalized spacial score (nSPS) is 13.2. The second kappa shape index (κ2) is 11.4. The topological polar surface area (TPSA) is 3.24 Å². The van der Waals surface area contributed by atoms with Gasteiger partial charge in [-0.1, -0.05) is 135 Å². The number of benzene rings is 9. The van der Waals surface area contributed by atoms with Gasteiger partial charge in [0.05, 0.1) is 0 Å². The Balaban J connectivity index is 1.09. The van der Waals surface area contributed by atoms with Gasteiger partial charge >= 0.3 is 0 Å². The third kappa shape index (κ3) is 4.56. The Morgan fingerprint density at radius 1 is 0.396 bits per heavy atom. The van der Waals surface area contributed by atoms with Crippen molar-refractivity contribution in [2.45, 2.75) is 19.3 Å². The standard InChI is InChI=1S/C51H35NS/c1-51(2)46-17-9-7-14-40(46)44-30-36(25-27-47(44)51)52(37-26-28-49-45(31-37)41-15-8-10-18-48(41)53-49)35-23-21-33(22-24-35)43-29-34-20-19-32-11-3-4-12-38(32)50(34)42-16-6-5-13-39(42)43/h3-31H,1-2H3. The zero-order chi connectivity index (χ0) is 35.3. The Kier molecular flexibility index (Phi) is 6.53. The first-order valence-electron chi connectivity index (χ1n) is 18.4. The number of thiophene rings is 1. The van der Waals surface area contributed by atoms with E-state index in [4.69, 9.17) is 0 Å². The van der Waals surface area contributed by atoms with Crippen molar-refractivity contribution in [2.75, 3.05) is 4.90 Å². The Labute approximate surface area is 313 Å². The van der Waals surface area contributed by atoms with Crippen molar-refractivity contribution >= 4 is 80.9 Å². The summed E-state index contributed by atoms with van der Waals surface area (Å²) < 4.78 is 2.63. The van der Waals surface area contributed by atoms with Crippen molar-refractivity contribution in [3.63, 3.8) is 0 Å². The van der Waals surface area contributed by atoms with Crippen LogP contribution in [0.1, 0.15) is 25.0 Å². The molecule has 10 aromatic rings. The first kappa shape index (κ1) is 30.4. The third-order valence-electron chi connectivity index (χ3n) is 11.6. The van der Waals surface area contributed by atoms with Gasteiger partial charge in [-0.3, -0.25) is 0 Å². The lowest BCUT2D eigenvalue weighted by molar-refractivity contribution is 0.660. The van der Waals surface area contributed by atoms with Crippen LogP contribution >= 0.6 is 11.3 Å². The molecule has 0 N–H and O–H groups in total. The lowest BCUT2D eigenvalue weighted by atomic mass is 9.82. The summed E-state index contributed by atoms with van der Waals surface area (Å²) in [5, 5.41) is 10.3. The molecule has 53 heavy (non-hydrogen) atoms. The molecular weight excluding hydrogens is 659 g/mol. The van der Waals surface area contributed by atoms with E-state index in [9.17, 15) is 0 Å². The van der Waals surface area contributed by atoms with Crippen LogP contribution in [0.5, 0.6) is 0 Å². The lowest BCUT2D eigenvalue weighted by Crippen LogP contribution is -2.15. The van der Waals surface area contributed by atoms with Gasteiger partial charge in [-0.05, 0) is 120 Å². The molecule has 0 saturated heterocycles. The molecule has 0 unspecified atom stereocenters. The molecule has 1 heterocycles. The molecule has 0 spiro atoms. The monoisotopic (exact) mass is 693 g/mol. The molecule has 0 radical (unpaired) electrons. The van der Waals surface area contributed by atoms with E-state index in [1.54, 1.807) is 0 Å². The van der Waals surface area contributed by atoms with Crippen LogP contribution in [0.4, 0.5) is 17.1 Å². The fourth-order valence-electron chi connectivity index (χ4n) is 9.06. The summed E-state index contributed by atoms with van der Waals surface area (Å²) in [5.74, 6) is 0. The van der Waals surface area contributed by atoms with Crippen molar-refractivity contribution < 1.29 is 0 Å². The zero-order valence-electron chi connectivity index (χ0n) is 29.6. The highest BCUT2D eigenvalue weighted by Gasteiger charge is 2.35. The molecule has 2 heteroatoms. The minimum atomic E-state index is -0.0413. The number of anilines is 3. The molecule has 9 aromatic carbocycles. The SMILES string of the molecule is CC1(C)c2ccccc2-c2cc(N(c3ccc(-c4cc5ccc6ccccc6c5c5ccccc45)cc3)c3ccc4sc5ccccc5c4c3)ccc21. The van der Waals surface area contributed by atoms with Gasteiger partial charge in [-0.2, -0.15) is 0 Å². The van der Waals surface area contributed by atoms with Crippen molar-refractivity contribution in [3.05, 3.63) is 187 Å². The summed E-state index contributed by atoms with van der Waals surface area (Å²) >= 11 is 1.87. The van der Waals surface area contributed by atoms with Gasteiger partial charge in [0.25, 0.3) is 0 Å². The van der Waals surface area contributed by atoms with Crippen molar-refractivity contribution in [3.8, 4) is 22.3 Å². The maximum atomic E-state index is 2.44. The third-order valence-corrected chi connectivity index (χ3v) is 12.8. The molecule has 0 aliphatic heterocycles. The summed E-state index contributed by atoms with van der Waals surface area (Å²) in [6.07, 6.45) is 0. The fourth-order valence-corrected chi connectivity index (χ4v) is 10.1. The number of hydrogen-bond donors (Lipinski definition) is 0. The van der Waals surface area contributed by atoms with E-state index in [-0.39, 0.29) is 5.41 Å². The van der Waals surface area contributed by atoms with Crippen LogP contribution in [0.25, 0.3) is 74.7 Å². The largest absolute Gasteiger partial charge is 0.310 e. The average molecular weight is 694 g/mol. The average Bonchev–Trinajstić information content (AvgIpc) is 3.69. The van der Waals surface area contributed by atoms with E-state index >= 15 is 0 Å². The molecule has 250 valence electrons. The first-order valence-corrected chi connectivity index (χ1v) is 19.2. The Morgan fingerprint density at radius 3 is 1.89 bits per heavy atom. The van der Waals surface area contributed by atoms with E-state index in [1.807, 2.05) is 11.3 Å². The molecule has 0 bridgehead atoms. The number of hydrogen-bond acceptors (Lipinski definition) is 2. The van der Waals surface area contributed by atoms with Gasteiger partial charge in [0.15, 0.2) is 0 Å². The fraction of sp³-hybridized carbons (Fsp3) is 0.0588. The van der Waals surface area contributed by atoms with Crippen molar-refractivity contribution in [1.29, 1.82) is 0 Å². The first-order chi connectivity index (χ1) is 26.0. The number of fused-ring (bicyclic) bond motifs is 11. The summed E-state index contributed by atoms with van der Waals surface area (Å²) in [5.41, 5.74) is 11.3. The van der Waals surface area contributed by atoms with Crippen molar-refractivity contribution in [1.82, 2.24) is 0 Å². The van der Waals surface area contributed by atoms with Crippen molar-refractivity contribution in [2.24, 2.45) is 0 Å². The molecule has 0 fully saturated rings. The smallest absolute Gasteiger partial charge is 0.0468 e. The van der Waals surface area contributed by atoms with Gasteiger partial charge in [-0.15, -0.1) is 11.3 Å². The van der Waals surface area contributed by atoms with Crippen LogP contribution < -0.4 is 4.90 Å². The van der Waals surface area contributed by atoms with Crippen LogP contribution in [-0.4, -0.2) is 0 Å². The van der Waals surface area contributed by atoms with E-state index < -0.39 is 0 Å². The van der Waals surface area contributed by atoms with E-state index in [1.165, 1.54) is 85.9 Å². The summed E-state index contributed by atoms with van der Waals surface area (Å²) in [4.78, 5) is 2.44. The van der Waals surface area contributed by atoms with Gasteiger partial charge in [0.2, 0.25) is 0 Å². The predicted molar refractivity (Wildman–Crippen MR) is 230 cm³/mol. The van der Waals surface area contributed by atoms with Gasteiger partial charge in [0, 0.05) is 42.6 Å². The molecule has 11 rings (SSSR count). The predicted octanol–water partition coefficient (Wildman–Crippen LogP) is 15.0. The van der Waals surface area contributed by atoms with E-state index in [2.05, 4.69) is 195 Å². The van der Waals surface area contributed by atoms with Gasteiger partial charge < -0.3 is 4.90 Å². The minimum Gasteiger partial charge on any atom is -0.310 e. The van der Waals surface area contributed by atoms with Crippen LogP contribution in [0.15, 0.2) is 176 Å². The maximum absolute atomic E-state index is 2.44. The molecule has 1 aliphatic carbocycles. The molecule has 0 atom stereocenters. The Hall–Kier alpha value is -6.22. The highest BCUT2D eigenvalue weighted by Crippen LogP contribution is 2.51. The quantitative estimate of drug-likeness (QED) is 0.166. The number of nitrogens with zero attached hydrogens (tertiary/aromatic N) is 1. The second-order valence-corrected chi connectivity index (χ2v) is 16.0. The lowest BCUT2D eigenvalue weighted by Gasteiger charge is -2.27. The maximum Gasteiger partial charge on any atom is 0.0468 e. The summed E-state index contributed by atoms with van der Waals surface area (Å²) in [6, 6.07) is 65.5. The molecular formula is C51H35NS. The second-order valence-electron chi connectivity index (χ2n) is 14.9. The van der Waals surface area contributed by atoms with Crippen LogP contribution in [0.2, 0.25) is 0 Å². The summed E-state index contributed by atoms with van der Waals surface area (Å²) in [6.45, 7) is 4.70. The summed E-state index contributed by atoms with van der Waals surface area (Å²) in [7, 11) is 0. The Morgan fingerprint density at radius 2 is 1.02 bits per heavy atom.